The summed E-state index contributed by atoms with van der Waals surface area (Å²) in [7, 11) is 0. The molecule has 0 aliphatic heterocycles. The largest absolute Gasteiger partial charge is 0.391 e. The summed E-state index contributed by atoms with van der Waals surface area (Å²) >= 11 is 0. The van der Waals surface area contributed by atoms with Gasteiger partial charge in [-0.3, -0.25) is 4.79 Å². The molecule has 0 radical (unpaired) electrons. The Morgan fingerprint density at radius 2 is 1.88 bits per heavy atom. The summed E-state index contributed by atoms with van der Waals surface area (Å²) < 4.78 is 1.83. The van der Waals surface area contributed by atoms with Gasteiger partial charge in [-0.15, -0.1) is 0 Å². The number of aliphatic hydroxyl groups is 1. The van der Waals surface area contributed by atoms with E-state index < -0.39 is 6.10 Å². The van der Waals surface area contributed by atoms with Crippen LogP contribution in [0.1, 0.15) is 33.7 Å². The highest BCUT2D eigenvalue weighted by Gasteiger charge is 2.23. The van der Waals surface area contributed by atoms with Crippen LogP contribution < -0.4 is 5.32 Å². The zero-order valence-electron chi connectivity index (χ0n) is 11.0. The molecule has 4 nitrogen and oxygen atoms in total. The number of hydrogen-bond donors (Lipinski definition) is 2. The van der Waals surface area contributed by atoms with E-state index in [-0.39, 0.29) is 23.9 Å². The van der Waals surface area contributed by atoms with Gasteiger partial charge in [-0.25, -0.2) is 0 Å². The number of hydrogen-bond acceptors (Lipinski definition) is 2. The molecule has 17 heavy (non-hydrogen) atoms. The second kappa shape index (κ2) is 5.36. The third-order valence-electron chi connectivity index (χ3n) is 2.92. The van der Waals surface area contributed by atoms with Crippen molar-refractivity contribution in [1.29, 1.82) is 0 Å². The maximum Gasteiger partial charge on any atom is 0.242 e. The molecule has 4 heteroatoms. The van der Waals surface area contributed by atoms with Gasteiger partial charge in [-0.1, -0.05) is 20.8 Å². The Labute approximate surface area is 103 Å². The van der Waals surface area contributed by atoms with Gasteiger partial charge in [0, 0.05) is 18.9 Å². The minimum absolute atomic E-state index is 0.0792. The minimum atomic E-state index is -0.539. The number of aromatic nitrogens is 1. The lowest BCUT2D eigenvalue weighted by molar-refractivity contribution is -0.124. The number of rotatable bonds is 4. The van der Waals surface area contributed by atoms with Crippen LogP contribution >= 0.6 is 0 Å². The van der Waals surface area contributed by atoms with E-state index in [2.05, 4.69) is 5.32 Å². The van der Waals surface area contributed by atoms with Crippen LogP contribution in [-0.4, -0.2) is 28.2 Å². The van der Waals surface area contributed by atoms with E-state index in [1.54, 1.807) is 0 Å². The van der Waals surface area contributed by atoms with Gasteiger partial charge in [0.15, 0.2) is 0 Å². The maximum absolute atomic E-state index is 11.8. The number of nitrogens with one attached hydrogen (secondary N) is 1. The first-order valence-electron chi connectivity index (χ1n) is 5.90. The fourth-order valence-corrected chi connectivity index (χ4v) is 1.39. The summed E-state index contributed by atoms with van der Waals surface area (Å²) in [6.07, 6.45) is 3.16. The zero-order chi connectivity index (χ0) is 13.1. The predicted octanol–water partition coefficient (Wildman–Crippen LogP) is 1.57. The summed E-state index contributed by atoms with van der Waals surface area (Å²) in [5, 5.41) is 12.6. The molecule has 1 aromatic rings. The molecule has 1 rings (SSSR count). The first kappa shape index (κ1) is 13.8. The van der Waals surface area contributed by atoms with Crippen LogP contribution in [0.3, 0.4) is 0 Å². The van der Waals surface area contributed by atoms with Crippen LogP contribution in [0.2, 0.25) is 0 Å². The van der Waals surface area contributed by atoms with Crippen molar-refractivity contribution in [3.05, 3.63) is 24.5 Å². The first-order valence-corrected chi connectivity index (χ1v) is 5.90. The molecular formula is C13H22N2O2. The van der Waals surface area contributed by atoms with Gasteiger partial charge in [0.25, 0.3) is 0 Å². The Morgan fingerprint density at radius 1 is 1.35 bits per heavy atom. The van der Waals surface area contributed by atoms with Crippen molar-refractivity contribution in [3.63, 3.8) is 0 Å². The molecule has 96 valence electrons. The van der Waals surface area contributed by atoms with E-state index in [0.29, 0.717) is 0 Å². The molecule has 1 amide bonds. The maximum atomic E-state index is 11.8. The quantitative estimate of drug-likeness (QED) is 0.836. The van der Waals surface area contributed by atoms with E-state index in [4.69, 9.17) is 0 Å². The molecule has 0 saturated heterocycles. The Morgan fingerprint density at radius 3 is 2.35 bits per heavy atom. The highest BCUT2D eigenvalue weighted by atomic mass is 16.3. The number of carbonyl (C=O) groups excluding carboxylic acids is 1. The third kappa shape index (κ3) is 3.89. The number of nitrogens with zero attached hydrogens (tertiary/aromatic N) is 1. The summed E-state index contributed by atoms with van der Waals surface area (Å²) in [5.74, 6) is -0.0792. The second-order valence-corrected chi connectivity index (χ2v) is 5.43. The van der Waals surface area contributed by atoms with Crippen molar-refractivity contribution in [1.82, 2.24) is 9.88 Å². The van der Waals surface area contributed by atoms with Gasteiger partial charge < -0.3 is 15.0 Å². The number of carbonyl (C=O) groups is 1. The average molecular weight is 238 g/mol. The summed E-state index contributed by atoms with van der Waals surface area (Å²) in [6, 6.07) is 3.51. The van der Waals surface area contributed by atoms with Crippen molar-refractivity contribution in [2.24, 2.45) is 5.41 Å². The lowest BCUT2D eigenvalue weighted by Crippen LogP contribution is -2.41. The Balaban J connectivity index is 2.45. The molecule has 0 spiro atoms. The fourth-order valence-electron chi connectivity index (χ4n) is 1.39. The van der Waals surface area contributed by atoms with Gasteiger partial charge in [-0.05, 0) is 24.5 Å². The molecule has 0 aliphatic rings. The lowest BCUT2D eigenvalue weighted by atomic mass is 9.89. The molecule has 0 aromatic carbocycles. The van der Waals surface area contributed by atoms with Gasteiger partial charge in [-0.2, -0.15) is 0 Å². The Kier molecular flexibility index (Phi) is 4.34. The highest BCUT2D eigenvalue weighted by molar-refractivity contribution is 5.79. The van der Waals surface area contributed by atoms with Crippen LogP contribution in [0.15, 0.2) is 24.5 Å². The van der Waals surface area contributed by atoms with Crippen LogP contribution in [-0.2, 0) is 4.79 Å². The van der Waals surface area contributed by atoms with Crippen LogP contribution in [0, 0.1) is 5.41 Å². The monoisotopic (exact) mass is 238 g/mol. The van der Waals surface area contributed by atoms with Crippen molar-refractivity contribution in [2.75, 3.05) is 6.54 Å². The van der Waals surface area contributed by atoms with Crippen molar-refractivity contribution in [3.8, 4) is 0 Å². The molecule has 0 bridgehead atoms. The topological polar surface area (TPSA) is 54.3 Å². The van der Waals surface area contributed by atoms with Gasteiger partial charge in [0.1, 0.15) is 6.04 Å². The molecule has 1 heterocycles. The SMILES string of the molecule is CC(C(=O)NCC(O)C(C)(C)C)n1cccc1. The van der Waals surface area contributed by atoms with E-state index >= 15 is 0 Å². The smallest absolute Gasteiger partial charge is 0.242 e. The molecule has 2 N–H and O–H groups in total. The molecule has 0 saturated carbocycles. The van der Waals surface area contributed by atoms with E-state index in [1.165, 1.54) is 0 Å². The van der Waals surface area contributed by atoms with E-state index in [0.717, 1.165) is 0 Å². The summed E-state index contributed by atoms with van der Waals surface area (Å²) in [5.41, 5.74) is -0.218. The average Bonchev–Trinajstić information content (AvgIpc) is 2.76. The van der Waals surface area contributed by atoms with Gasteiger partial charge >= 0.3 is 0 Å². The molecule has 1 aromatic heterocycles. The highest BCUT2D eigenvalue weighted by Crippen LogP contribution is 2.18. The van der Waals surface area contributed by atoms with Gasteiger partial charge in [0.05, 0.1) is 6.10 Å². The van der Waals surface area contributed by atoms with Crippen molar-refractivity contribution < 1.29 is 9.90 Å². The number of aliphatic hydroxyl groups excluding tert-OH is 1. The molecule has 0 aliphatic carbocycles. The molecule has 2 unspecified atom stereocenters. The number of amides is 1. The molecular weight excluding hydrogens is 216 g/mol. The minimum Gasteiger partial charge on any atom is -0.391 e. The summed E-state index contributed by atoms with van der Waals surface area (Å²) in [4.78, 5) is 11.8. The Hall–Kier alpha value is -1.29. The van der Waals surface area contributed by atoms with E-state index in [1.807, 2.05) is 56.8 Å². The molecule has 2 atom stereocenters. The van der Waals surface area contributed by atoms with Gasteiger partial charge in [0.2, 0.25) is 5.91 Å². The predicted molar refractivity (Wildman–Crippen MR) is 67.6 cm³/mol. The molecule has 0 fully saturated rings. The van der Waals surface area contributed by atoms with Crippen LogP contribution in [0.4, 0.5) is 0 Å². The summed E-state index contributed by atoms with van der Waals surface area (Å²) in [6.45, 7) is 7.95. The van der Waals surface area contributed by atoms with Crippen LogP contribution in [0.25, 0.3) is 0 Å². The normalized spacial score (nSPS) is 15.4. The fraction of sp³-hybridized carbons (Fsp3) is 0.615. The van der Waals surface area contributed by atoms with E-state index in [9.17, 15) is 9.90 Å². The lowest BCUT2D eigenvalue weighted by Gasteiger charge is -2.26. The van der Waals surface area contributed by atoms with Crippen molar-refractivity contribution >= 4 is 5.91 Å². The standard InChI is InChI=1S/C13H22N2O2/c1-10(15-7-5-6-8-15)12(17)14-9-11(16)13(2,3)4/h5-8,10-11,16H,9H2,1-4H3,(H,14,17). The second-order valence-electron chi connectivity index (χ2n) is 5.43. The van der Waals surface area contributed by atoms with Crippen LogP contribution in [0.5, 0.6) is 0 Å². The Bertz CT molecular complexity index is 352. The zero-order valence-corrected chi connectivity index (χ0v) is 11.0. The first-order chi connectivity index (χ1) is 7.82. The van der Waals surface area contributed by atoms with Crippen molar-refractivity contribution in [2.45, 2.75) is 39.8 Å². The third-order valence-corrected chi connectivity index (χ3v) is 2.92.